The third-order valence-electron chi connectivity index (χ3n) is 7.99. The van der Waals surface area contributed by atoms with Crippen LogP contribution in [0, 0.1) is 6.92 Å². The largest absolute Gasteiger partial charge is 0.447 e. The molecule has 0 amide bonds. The van der Waals surface area contributed by atoms with Gasteiger partial charge in [-0.1, -0.05) is 55.5 Å². The lowest BCUT2D eigenvalue weighted by Crippen LogP contribution is -1.84. The molecular weight excluding hydrogens is 721 g/mol. The lowest BCUT2D eigenvalue weighted by Gasteiger charge is -2.04. The molecule has 6 aromatic heterocycles. The molecule has 0 unspecified atom stereocenters. The van der Waals surface area contributed by atoms with Crippen LogP contribution in [0.4, 0.5) is 0 Å². The van der Waals surface area contributed by atoms with E-state index in [0.717, 1.165) is 15.7 Å². The van der Waals surface area contributed by atoms with Crippen molar-refractivity contribution in [2.24, 2.45) is 0 Å². The van der Waals surface area contributed by atoms with E-state index in [1.807, 2.05) is 87.0 Å². The number of rotatable bonds is 9. The maximum Gasteiger partial charge on any atom is 0.181 e. The van der Waals surface area contributed by atoms with Crippen LogP contribution in [-0.2, 0) is 0 Å². The second-order valence-corrected chi connectivity index (χ2v) is 18.7. The minimum absolute atomic E-state index is 0. The van der Waals surface area contributed by atoms with Gasteiger partial charge < -0.3 is 4.74 Å². The topological polar surface area (TPSA) is 9.23 Å². The molecule has 8 heteroatoms. The summed E-state index contributed by atoms with van der Waals surface area (Å²) in [5, 5.41) is 0.909. The van der Waals surface area contributed by atoms with Crippen LogP contribution < -0.4 is 4.74 Å². The van der Waals surface area contributed by atoms with E-state index in [2.05, 4.69) is 118 Å². The number of para-hydroxylation sites is 1. The highest BCUT2D eigenvalue weighted by atomic mass is 32.1. The maximum absolute atomic E-state index is 6.06. The Balaban J connectivity index is 0.00000378. The third kappa shape index (κ3) is 6.55. The molecule has 8 rings (SSSR count). The highest BCUT2D eigenvalue weighted by Crippen LogP contribution is 2.49. The Labute approximate surface area is 312 Å². The zero-order chi connectivity index (χ0) is 32.8. The summed E-state index contributed by atoms with van der Waals surface area (Å²) in [7, 11) is 0. The molecule has 0 spiro atoms. The van der Waals surface area contributed by atoms with Crippen molar-refractivity contribution in [3.05, 3.63) is 126 Å². The predicted octanol–water partition coefficient (Wildman–Crippen LogP) is 15.8. The zero-order valence-electron chi connectivity index (χ0n) is 26.4. The quantitative estimate of drug-likeness (QED) is 0.144. The number of aryl methyl sites for hydroxylation is 1. The summed E-state index contributed by atoms with van der Waals surface area (Å²) in [5.74, 6) is 1.31. The van der Waals surface area contributed by atoms with E-state index >= 15 is 0 Å². The molecule has 0 atom stereocenters. The van der Waals surface area contributed by atoms with Crippen molar-refractivity contribution in [3.8, 4) is 70.0 Å². The third-order valence-corrected chi connectivity index (χ3v) is 15.9. The lowest BCUT2D eigenvalue weighted by molar-refractivity contribution is 0.496. The van der Waals surface area contributed by atoms with Crippen LogP contribution >= 0.6 is 80.6 Å². The van der Waals surface area contributed by atoms with E-state index in [-0.39, 0.29) is 1.43 Å². The van der Waals surface area contributed by atoms with Gasteiger partial charge in [0, 0.05) is 60.0 Å². The van der Waals surface area contributed by atoms with Crippen LogP contribution in [0.2, 0.25) is 0 Å². The van der Waals surface area contributed by atoms with Crippen LogP contribution in [-0.4, -0.2) is 0 Å². The van der Waals surface area contributed by atoms with Crippen molar-refractivity contribution in [2.45, 2.75) is 31.6 Å². The first kappa shape index (κ1) is 32.0. The number of ether oxygens (including phenoxy) is 1. The highest BCUT2D eigenvalue weighted by molar-refractivity contribution is 7.80. The van der Waals surface area contributed by atoms with Gasteiger partial charge in [0.1, 0.15) is 5.75 Å². The zero-order valence-corrected chi connectivity index (χ0v) is 32.1. The molecule has 0 fully saturated rings. The van der Waals surface area contributed by atoms with Gasteiger partial charge in [-0.15, -0.1) is 69.3 Å². The first-order valence-corrected chi connectivity index (χ1v) is 20.9. The van der Waals surface area contributed by atoms with Crippen molar-refractivity contribution >= 4 is 80.6 Å². The Hall–Kier alpha value is -3.21. The van der Waals surface area contributed by atoms with Crippen molar-refractivity contribution in [3.63, 3.8) is 0 Å². The minimum Gasteiger partial charge on any atom is -0.447 e. The fraction of sp³-hybridized carbons (Fsp3) is 0.100. The van der Waals surface area contributed by atoms with Gasteiger partial charge in [0.05, 0.1) is 0 Å². The first-order valence-electron chi connectivity index (χ1n) is 15.6. The number of benzene rings is 2. The normalized spacial score (nSPS) is 11.5. The highest BCUT2D eigenvalue weighted by Gasteiger charge is 2.20. The minimum atomic E-state index is 0. The van der Waals surface area contributed by atoms with Gasteiger partial charge in [-0.05, 0) is 114 Å². The summed E-state index contributed by atoms with van der Waals surface area (Å²) in [5.41, 5.74) is 4.00. The Morgan fingerprint density at radius 2 is 1.04 bits per heavy atom. The SMILES string of the molecule is Cc1cc(-c2ccc(-c3cc(C(C)C)c(-c4ccc(-c5ccc(-c6ccc(Oc7ccccc7)s6)s5)s4)s3)s2)sc1-c1ccc(S)cc1.[HH]. The first-order chi connectivity index (χ1) is 23.4. The smallest absolute Gasteiger partial charge is 0.181 e. The summed E-state index contributed by atoms with van der Waals surface area (Å²) in [6.45, 7) is 6.83. The molecule has 0 radical (unpaired) electrons. The Morgan fingerprint density at radius 3 is 1.69 bits per heavy atom. The van der Waals surface area contributed by atoms with Gasteiger partial charge in [0.2, 0.25) is 0 Å². The summed E-state index contributed by atoms with van der Waals surface area (Å²) in [6, 6.07) is 41.1. The molecule has 1 nitrogen and oxygen atoms in total. The molecule has 0 saturated heterocycles. The molecule has 8 aromatic rings. The summed E-state index contributed by atoms with van der Waals surface area (Å²) in [4.78, 5) is 15.5. The van der Waals surface area contributed by atoms with Gasteiger partial charge in [-0.3, -0.25) is 0 Å². The Morgan fingerprint density at radius 1 is 0.521 bits per heavy atom. The Kier molecular flexibility index (Phi) is 9.07. The molecule has 6 heterocycles. The number of thiol groups is 1. The molecule has 240 valence electrons. The second-order valence-electron chi connectivity index (χ2n) is 11.7. The molecular formula is C40H32OS7. The van der Waals surface area contributed by atoms with Crippen molar-refractivity contribution < 1.29 is 6.16 Å². The average Bonchev–Trinajstić information content (AvgIpc) is 3.93. The van der Waals surface area contributed by atoms with Crippen molar-refractivity contribution in [2.75, 3.05) is 0 Å². The summed E-state index contributed by atoms with van der Waals surface area (Å²) < 4.78 is 6.06. The van der Waals surface area contributed by atoms with Crippen LogP contribution in [0.3, 0.4) is 0 Å². The van der Waals surface area contributed by atoms with Crippen molar-refractivity contribution in [1.82, 2.24) is 0 Å². The van der Waals surface area contributed by atoms with E-state index in [1.165, 1.54) is 70.3 Å². The molecule has 0 N–H and O–H groups in total. The van der Waals surface area contributed by atoms with E-state index < -0.39 is 0 Å². The maximum atomic E-state index is 6.06. The van der Waals surface area contributed by atoms with Crippen LogP contribution in [0.1, 0.15) is 32.3 Å². The fourth-order valence-electron chi connectivity index (χ4n) is 5.56. The molecule has 48 heavy (non-hydrogen) atoms. The van der Waals surface area contributed by atoms with Crippen LogP contribution in [0.15, 0.2) is 120 Å². The van der Waals surface area contributed by atoms with Crippen LogP contribution in [0.25, 0.3) is 59.2 Å². The van der Waals surface area contributed by atoms with Gasteiger partial charge in [0.15, 0.2) is 5.06 Å². The van der Waals surface area contributed by atoms with E-state index in [4.69, 9.17) is 4.74 Å². The average molecular weight is 753 g/mol. The second kappa shape index (κ2) is 13.6. The number of thiophene rings is 6. The Bertz CT molecular complexity index is 2330. The predicted molar refractivity (Wildman–Crippen MR) is 221 cm³/mol. The van der Waals surface area contributed by atoms with Gasteiger partial charge >= 0.3 is 0 Å². The van der Waals surface area contributed by atoms with E-state index in [0.29, 0.717) is 5.92 Å². The van der Waals surface area contributed by atoms with Gasteiger partial charge in [0.25, 0.3) is 0 Å². The standard InChI is InChI=1S/C40H30OS7.H2/c1-23(2)28-22-37(34-16-15-33(44-34)36-21-24(3)39(47-36)25-9-11-27(42)12-10-25)48-40(28)35-18-17-30(45-35)29-13-14-31(43-29)32-19-20-38(46-32)41-26-7-5-4-6-8-26;/h4-23,42H,1-3H3;1H. The van der Waals surface area contributed by atoms with Crippen molar-refractivity contribution in [1.29, 1.82) is 0 Å². The molecule has 0 bridgehead atoms. The molecule has 0 saturated carbocycles. The lowest BCUT2D eigenvalue weighted by atomic mass is 10.0. The summed E-state index contributed by atoms with van der Waals surface area (Å²) >= 11 is 15.6. The van der Waals surface area contributed by atoms with Gasteiger partial charge in [-0.25, -0.2) is 0 Å². The monoisotopic (exact) mass is 752 g/mol. The van der Waals surface area contributed by atoms with E-state index in [1.54, 1.807) is 11.3 Å². The van der Waals surface area contributed by atoms with Gasteiger partial charge in [-0.2, -0.15) is 0 Å². The summed E-state index contributed by atoms with van der Waals surface area (Å²) in [6.07, 6.45) is 0. The van der Waals surface area contributed by atoms with Crippen LogP contribution in [0.5, 0.6) is 10.8 Å². The number of hydrogen-bond acceptors (Lipinski definition) is 8. The number of hydrogen-bond donors (Lipinski definition) is 1. The van der Waals surface area contributed by atoms with E-state index in [9.17, 15) is 0 Å². The fourth-order valence-corrected chi connectivity index (χ4v) is 12.6. The molecule has 0 aliphatic rings. The molecule has 0 aliphatic carbocycles. The molecule has 2 aromatic carbocycles. The molecule has 0 aliphatic heterocycles.